The Kier molecular flexibility index (Phi) is 5.36. The number of rotatable bonds is 6. The topological polar surface area (TPSA) is 137 Å². The lowest BCUT2D eigenvalue weighted by atomic mass is 9.91. The van der Waals surface area contributed by atoms with Gasteiger partial charge >= 0.3 is 6.09 Å². The van der Waals surface area contributed by atoms with Crippen LogP contribution in [0.4, 0.5) is 15.0 Å². The van der Waals surface area contributed by atoms with E-state index in [0.717, 1.165) is 10.7 Å². The fourth-order valence-corrected chi connectivity index (χ4v) is 3.45. The van der Waals surface area contributed by atoms with Gasteiger partial charge in [-0.05, 0) is 32.6 Å². The van der Waals surface area contributed by atoms with Gasteiger partial charge in [0, 0.05) is 19.2 Å². The summed E-state index contributed by atoms with van der Waals surface area (Å²) in [4.78, 5) is 23.2. The lowest BCUT2D eigenvalue weighted by Crippen LogP contribution is -2.33. The highest BCUT2D eigenvalue weighted by Crippen LogP contribution is 2.36. The van der Waals surface area contributed by atoms with Crippen LogP contribution < -0.4 is 11.1 Å². The molecule has 2 aromatic heterocycles. The maximum absolute atomic E-state index is 13.1. The zero-order valence-corrected chi connectivity index (χ0v) is 15.9. The van der Waals surface area contributed by atoms with E-state index in [-0.39, 0.29) is 17.7 Å². The Labute approximate surface area is 160 Å². The van der Waals surface area contributed by atoms with Crippen molar-refractivity contribution in [2.45, 2.75) is 38.4 Å². The van der Waals surface area contributed by atoms with E-state index in [1.165, 1.54) is 7.05 Å². The van der Waals surface area contributed by atoms with Crippen molar-refractivity contribution in [2.75, 3.05) is 11.9 Å². The standard InChI is InChI=1S/C17H23FN6O4/c1-17(2,28-16(19)26)7-9-4-12(27-8-9)10-5-14(22-21-10)20-15(25)11-6-13(18)23-24(11)3/h5-6,9,12H,4,7-8H2,1-3H3,(H2,19,26)(H2,20,21,22,25)/t9-,12+/m1/s1. The molecule has 3 rings (SSSR count). The van der Waals surface area contributed by atoms with Crippen LogP contribution in [0.25, 0.3) is 0 Å². The van der Waals surface area contributed by atoms with Crippen LogP contribution in [0.1, 0.15) is 49.0 Å². The monoisotopic (exact) mass is 394 g/mol. The van der Waals surface area contributed by atoms with Gasteiger partial charge in [0.2, 0.25) is 5.95 Å². The fraction of sp³-hybridized carbons (Fsp3) is 0.529. The van der Waals surface area contributed by atoms with Gasteiger partial charge in [-0.1, -0.05) is 0 Å². The van der Waals surface area contributed by atoms with Gasteiger partial charge in [-0.15, -0.1) is 5.10 Å². The summed E-state index contributed by atoms with van der Waals surface area (Å²) in [5.74, 6) is -0.777. The number of ether oxygens (including phenoxy) is 2. The van der Waals surface area contributed by atoms with Gasteiger partial charge < -0.3 is 20.5 Å². The molecule has 11 heteroatoms. The van der Waals surface area contributed by atoms with E-state index in [0.29, 0.717) is 31.0 Å². The Hall–Kier alpha value is -2.95. The maximum atomic E-state index is 13.1. The molecule has 3 heterocycles. The third-order valence-electron chi connectivity index (χ3n) is 4.51. The molecule has 2 aromatic rings. The Morgan fingerprint density at radius 2 is 2.25 bits per heavy atom. The Bertz CT molecular complexity index is 877. The lowest BCUT2D eigenvalue weighted by Gasteiger charge is -2.26. The average Bonchev–Trinajstić information content (AvgIpc) is 3.26. The van der Waals surface area contributed by atoms with Crippen LogP contribution in [0.3, 0.4) is 0 Å². The van der Waals surface area contributed by atoms with Crippen LogP contribution in [0.15, 0.2) is 12.1 Å². The molecule has 0 spiro atoms. The number of halogens is 1. The van der Waals surface area contributed by atoms with Crippen LogP contribution >= 0.6 is 0 Å². The fourth-order valence-electron chi connectivity index (χ4n) is 3.45. The second-order valence-corrected chi connectivity index (χ2v) is 7.45. The number of amides is 2. The number of nitrogens with two attached hydrogens (primary N) is 1. The first-order valence-corrected chi connectivity index (χ1v) is 8.79. The molecule has 1 aliphatic rings. The van der Waals surface area contributed by atoms with Gasteiger partial charge in [0.1, 0.15) is 11.3 Å². The van der Waals surface area contributed by atoms with Crippen molar-refractivity contribution >= 4 is 17.8 Å². The van der Waals surface area contributed by atoms with Gasteiger partial charge in [0.25, 0.3) is 5.91 Å². The van der Waals surface area contributed by atoms with Crippen LogP contribution in [-0.2, 0) is 16.5 Å². The molecule has 0 radical (unpaired) electrons. The Balaban J connectivity index is 1.58. The average molecular weight is 394 g/mol. The summed E-state index contributed by atoms with van der Waals surface area (Å²) in [7, 11) is 1.48. The van der Waals surface area contributed by atoms with Gasteiger partial charge in [-0.3, -0.25) is 14.6 Å². The lowest BCUT2D eigenvalue weighted by molar-refractivity contribution is 0.0240. The highest BCUT2D eigenvalue weighted by atomic mass is 19.1. The molecule has 0 bridgehead atoms. The molecule has 0 saturated carbocycles. The number of aryl methyl sites for hydroxylation is 1. The van der Waals surface area contributed by atoms with E-state index in [9.17, 15) is 14.0 Å². The number of nitrogens with one attached hydrogen (secondary N) is 2. The SMILES string of the molecule is Cn1nc(F)cc1C(=O)Nc1cc([C@@H]2C[C@H](CC(C)(C)OC(N)=O)CO2)[nH]n1. The summed E-state index contributed by atoms with van der Waals surface area (Å²) in [6, 6.07) is 2.71. The number of H-pyrrole nitrogens is 1. The number of nitrogens with zero attached hydrogens (tertiary/aromatic N) is 3. The van der Waals surface area contributed by atoms with Crippen molar-refractivity contribution in [2.24, 2.45) is 18.7 Å². The number of anilines is 1. The zero-order chi connectivity index (χ0) is 20.5. The number of hydrogen-bond acceptors (Lipinski definition) is 6. The minimum atomic E-state index is -0.803. The molecule has 0 unspecified atom stereocenters. The van der Waals surface area contributed by atoms with Gasteiger partial charge in [-0.25, -0.2) is 4.79 Å². The summed E-state index contributed by atoms with van der Waals surface area (Å²) in [5.41, 5.74) is 5.21. The van der Waals surface area contributed by atoms with Gasteiger partial charge in [0.05, 0.1) is 18.4 Å². The molecular weight excluding hydrogens is 371 g/mol. The summed E-state index contributed by atoms with van der Waals surface area (Å²) < 4.78 is 25.2. The molecule has 28 heavy (non-hydrogen) atoms. The first-order chi connectivity index (χ1) is 13.1. The third-order valence-corrected chi connectivity index (χ3v) is 4.51. The van der Waals surface area contributed by atoms with Gasteiger partial charge in [-0.2, -0.15) is 9.49 Å². The normalized spacial score (nSPS) is 19.6. The highest BCUT2D eigenvalue weighted by molar-refractivity contribution is 6.02. The van der Waals surface area contributed by atoms with E-state index in [2.05, 4.69) is 20.6 Å². The molecule has 1 saturated heterocycles. The molecule has 152 valence electrons. The quantitative estimate of drug-likeness (QED) is 0.684. The first kappa shape index (κ1) is 19.8. The van der Waals surface area contributed by atoms with E-state index in [1.54, 1.807) is 19.9 Å². The first-order valence-electron chi connectivity index (χ1n) is 8.79. The molecule has 4 N–H and O–H groups in total. The predicted octanol–water partition coefficient (Wildman–Crippen LogP) is 1.88. The minimum Gasteiger partial charge on any atom is -0.444 e. The second kappa shape index (κ2) is 7.58. The van der Waals surface area contributed by atoms with E-state index < -0.39 is 23.5 Å². The predicted molar refractivity (Wildman–Crippen MR) is 95.9 cm³/mol. The smallest absolute Gasteiger partial charge is 0.405 e. The minimum absolute atomic E-state index is 0.0795. The Morgan fingerprint density at radius 1 is 1.50 bits per heavy atom. The second-order valence-electron chi connectivity index (χ2n) is 7.45. The van der Waals surface area contributed by atoms with Gasteiger partial charge in [0.15, 0.2) is 5.82 Å². The van der Waals surface area contributed by atoms with Crippen LogP contribution in [-0.4, -0.2) is 44.2 Å². The number of hydrogen-bond donors (Lipinski definition) is 3. The molecule has 0 aromatic carbocycles. The van der Waals surface area contributed by atoms with Crippen molar-refractivity contribution in [1.29, 1.82) is 0 Å². The molecule has 0 aliphatic carbocycles. The van der Waals surface area contributed by atoms with Crippen LogP contribution in [0.5, 0.6) is 0 Å². The van der Waals surface area contributed by atoms with E-state index in [4.69, 9.17) is 15.2 Å². The number of carbonyl (C=O) groups is 2. The maximum Gasteiger partial charge on any atom is 0.405 e. The summed E-state index contributed by atoms with van der Waals surface area (Å²) in [6.45, 7) is 4.11. The van der Waals surface area contributed by atoms with Crippen LogP contribution in [0, 0.1) is 11.9 Å². The molecule has 2 atom stereocenters. The number of aromatic amines is 1. The zero-order valence-electron chi connectivity index (χ0n) is 15.9. The molecule has 1 fully saturated rings. The third kappa shape index (κ3) is 4.66. The van der Waals surface area contributed by atoms with Crippen LogP contribution in [0.2, 0.25) is 0 Å². The van der Waals surface area contributed by atoms with E-state index in [1.807, 2.05) is 0 Å². The molecule has 2 amide bonds. The number of carbonyl (C=O) groups excluding carboxylic acids is 2. The number of aromatic nitrogens is 4. The van der Waals surface area contributed by atoms with Crippen molar-refractivity contribution in [3.63, 3.8) is 0 Å². The Morgan fingerprint density at radius 3 is 2.89 bits per heavy atom. The van der Waals surface area contributed by atoms with E-state index >= 15 is 0 Å². The summed E-state index contributed by atoms with van der Waals surface area (Å²) in [5, 5.41) is 13.0. The van der Waals surface area contributed by atoms with Crippen molar-refractivity contribution in [3.8, 4) is 0 Å². The molecule has 1 aliphatic heterocycles. The summed E-state index contributed by atoms with van der Waals surface area (Å²) in [6.07, 6.45) is 0.286. The van der Waals surface area contributed by atoms with Crippen molar-refractivity contribution in [3.05, 3.63) is 29.5 Å². The number of primary amides is 1. The summed E-state index contributed by atoms with van der Waals surface area (Å²) >= 11 is 0. The molecular formula is C17H23FN6O4. The van der Waals surface area contributed by atoms with Crippen molar-refractivity contribution < 1.29 is 23.5 Å². The molecule has 10 nitrogen and oxygen atoms in total. The highest BCUT2D eigenvalue weighted by Gasteiger charge is 2.34. The van der Waals surface area contributed by atoms with Crippen molar-refractivity contribution in [1.82, 2.24) is 20.0 Å². The largest absolute Gasteiger partial charge is 0.444 e.